The molecule has 0 saturated carbocycles. The fourth-order valence-electron chi connectivity index (χ4n) is 3.12. The number of methoxy groups -OCH3 is 1. The van der Waals surface area contributed by atoms with Gasteiger partial charge in [0.2, 0.25) is 0 Å². The quantitative estimate of drug-likeness (QED) is 0.273. The van der Waals surface area contributed by atoms with Crippen LogP contribution in [0.5, 0.6) is 5.75 Å². The Morgan fingerprint density at radius 2 is 1.63 bits per heavy atom. The molecule has 0 radical (unpaired) electrons. The Morgan fingerprint density at radius 1 is 0.971 bits per heavy atom. The largest absolute Gasteiger partial charge is 0.496 e. The molecule has 0 spiro atoms. The van der Waals surface area contributed by atoms with E-state index in [1.807, 2.05) is 30.3 Å². The number of benzene rings is 3. The molecule has 0 fully saturated rings. The number of rotatable bonds is 9. The van der Waals surface area contributed by atoms with E-state index in [1.54, 1.807) is 24.3 Å². The number of hydrogen-bond acceptors (Lipinski definition) is 7. The smallest absolute Gasteiger partial charge is 0.326 e. The first-order valence-corrected chi connectivity index (χ1v) is 10.5. The van der Waals surface area contributed by atoms with Crippen LogP contribution in [0.1, 0.15) is 17.3 Å². The number of nitrogens with one attached hydrogen (secondary N) is 2. The maximum Gasteiger partial charge on any atom is 0.326 e. The van der Waals surface area contributed by atoms with Crippen LogP contribution >= 0.6 is 0 Å². The van der Waals surface area contributed by atoms with Gasteiger partial charge in [-0.2, -0.15) is 0 Å². The van der Waals surface area contributed by atoms with Crippen molar-refractivity contribution >= 4 is 29.2 Å². The van der Waals surface area contributed by atoms with Crippen LogP contribution in [0.15, 0.2) is 72.8 Å². The first kappa shape index (κ1) is 24.9. The number of nitro benzene ring substituents is 1. The third kappa shape index (κ3) is 6.64. The Morgan fingerprint density at radius 3 is 2.26 bits per heavy atom. The van der Waals surface area contributed by atoms with E-state index >= 15 is 0 Å². The number of amides is 2. The molecule has 3 rings (SSSR count). The van der Waals surface area contributed by atoms with Crippen LogP contribution in [-0.4, -0.2) is 42.5 Å². The highest BCUT2D eigenvalue weighted by Crippen LogP contribution is 2.29. The average Bonchev–Trinajstić information content (AvgIpc) is 2.87. The fraction of sp³-hybridized carbons (Fsp3) is 0.160. The van der Waals surface area contributed by atoms with Gasteiger partial charge in [0.25, 0.3) is 17.5 Å². The molecule has 1 atom stereocenters. The third-order valence-corrected chi connectivity index (χ3v) is 4.98. The van der Waals surface area contributed by atoms with Gasteiger partial charge in [0.05, 0.1) is 18.1 Å². The van der Waals surface area contributed by atoms with Crippen molar-refractivity contribution < 1.29 is 28.8 Å². The van der Waals surface area contributed by atoms with E-state index < -0.39 is 35.4 Å². The number of nitrogens with zero attached hydrogens (tertiary/aromatic N) is 1. The van der Waals surface area contributed by atoms with Gasteiger partial charge in [-0.3, -0.25) is 24.5 Å². The Labute approximate surface area is 201 Å². The molecule has 10 heteroatoms. The molecule has 3 aromatic carbocycles. The van der Waals surface area contributed by atoms with Crippen molar-refractivity contribution in [2.45, 2.75) is 13.0 Å². The number of carbonyl (C=O) groups is 3. The molecule has 1 unspecified atom stereocenters. The molecule has 0 aliphatic carbocycles. The van der Waals surface area contributed by atoms with Crippen LogP contribution < -0.4 is 15.4 Å². The van der Waals surface area contributed by atoms with Crippen LogP contribution in [0.2, 0.25) is 0 Å². The molecule has 0 aliphatic rings. The van der Waals surface area contributed by atoms with Crippen LogP contribution in [0.4, 0.5) is 11.4 Å². The van der Waals surface area contributed by atoms with Crippen molar-refractivity contribution in [3.8, 4) is 16.9 Å². The molecule has 0 heterocycles. The average molecular weight is 477 g/mol. The van der Waals surface area contributed by atoms with Gasteiger partial charge in [0, 0.05) is 5.56 Å². The number of anilines is 1. The molecular formula is C25H23N3O7. The summed E-state index contributed by atoms with van der Waals surface area (Å²) in [7, 11) is 1.36. The molecule has 3 aromatic rings. The zero-order valence-corrected chi connectivity index (χ0v) is 19.0. The second-order valence-electron chi connectivity index (χ2n) is 7.39. The number of nitro groups is 1. The van der Waals surface area contributed by atoms with Gasteiger partial charge in [-0.15, -0.1) is 0 Å². The molecule has 0 saturated heterocycles. The van der Waals surface area contributed by atoms with Crippen LogP contribution in [0, 0.1) is 10.1 Å². The minimum Gasteiger partial charge on any atom is -0.496 e. The number of hydrogen-bond donors (Lipinski definition) is 2. The van der Waals surface area contributed by atoms with E-state index in [0.717, 1.165) is 17.2 Å². The minimum atomic E-state index is -1.26. The van der Waals surface area contributed by atoms with E-state index in [1.165, 1.54) is 26.2 Å². The Kier molecular flexibility index (Phi) is 8.12. The lowest BCUT2D eigenvalue weighted by Crippen LogP contribution is -2.35. The summed E-state index contributed by atoms with van der Waals surface area (Å²) in [6, 6.07) is 20.5. The van der Waals surface area contributed by atoms with Crippen molar-refractivity contribution in [1.82, 2.24) is 5.32 Å². The predicted octanol–water partition coefficient (Wildman–Crippen LogP) is 3.57. The molecule has 0 aromatic heterocycles. The van der Waals surface area contributed by atoms with Gasteiger partial charge in [-0.25, -0.2) is 0 Å². The maximum atomic E-state index is 12.4. The predicted molar refractivity (Wildman–Crippen MR) is 128 cm³/mol. The lowest BCUT2D eigenvalue weighted by molar-refractivity contribution is -0.384. The van der Waals surface area contributed by atoms with E-state index in [-0.39, 0.29) is 17.1 Å². The molecule has 180 valence electrons. The van der Waals surface area contributed by atoms with E-state index in [0.29, 0.717) is 5.56 Å². The monoisotopic (exact) mass is 477 g/mol. The van der Waals surface area contributed by atoms with Gasteiger partial charge in [-0.05, 0) is 42.3 Å². The highest BCUT2D eigenvalue weighted by Gasteiger charge is 2.23. The minimum absolute atomic E-state index is 0.0732. The molecule has 10 nitrogen and oxygen atoms in total. The van der Waals surface area contributed by atoms with Crippen molar-refractivity contribution in [2.75, 3.05) is 19.0 Å². The SMILES string of the molecule is COc1ccc(NC(=O)C(C)OC(=O)CNC(=O)c2ccc(-c3ccccc3)cc2)c([N+](=O)[O-])c1. The summed E-state index contributed by atoms with van der Waals surface area (Å²) in [6.45, 7) is 0.853. The van der Waals surface area contributed by atoms with Gasteiger partial charge in [0.15, 0.2) is 6.10 Å². The number of ether oxygens (including phenoxy) is 2. The first-order chi connectivity index (χ1) is 16.8. The first-order valence-electron chi connectivity index (χ1n) is 10.5. The second-order valence-corrected chi connectivity index (χ2v) is 7.39. The normalized spacial score (nSPS) is 11.1. The van der Waals surface area contributed by atoms with E-state index in [4.69, 9.17) is 9.47 Å². The summed E-state index contributed by atoms with van der Waals surface area (Å²) < 4.78 is 9.98. The fourth-order valence-corrected chi connectivity index (χ4v) is 3.12. The van der Waals surface area contributed by atoms with Gasteiger partial charge in [0.1, 0.15) is 18.0 Å². The lowest BCUT2D eigenvalue weighted by atomic mass is 10.0. The lowest BCUT2D eigenvalue weighted by Gasteiger charge is -2.14. The molecular weight excluding hydrogens is 454 g/mol. The Hall–Kier alpha value is -4.73. The van der Waals surface area contributed by atoms with Gasteiger partial charge < -0.3 is 20.1 Å². The van der Waals surface area contributed by atoms with E-state index in [2.05, 4.69) is 10.6 Å². The van der Waals surface area contributed by atoms with Crippen LogP contribution in [0.3, 0.4) is 0 Å². The molecule has 35 heavy (non-hydrogen) atoms. The Balaban J connectivity index is 1.51. The van der Waals surface area contributed by atoms with Crippen molar-refractivity contribution in [3.63, 3.8) is 0 Å². The van der Waals surface area contributed by atoms with Crippen molar-refractivity contribution in [1.29, 1.82) is 0 Å². The zero-order chi connectivity index (χ0) is 25.4. The number of esters is 1. The summed E-state index contributed by atoms with van der Waals surface area (Å²) in [5.74, 6) is -1.84. The topological polar surface area (TPSA) is 137 Å². The van der Waals surface area contributed by atoms with Crippen LogP contribution in [0.25, 0.3) is 11.1 Å². The zero-order valence-electron chi connectivity index (χ0n) is 19.0. The van der Waals surface area contributed by atoms with Gasteiger partial charge in [-0.1, -0.05) is 42.5 Å². The van der Waals surface area contributed by atoms with Crippen LogP contribution in [-0.2, 0) is 14.3 Å². The van der Waals surface area contributed by atoms with Gasteiger partial charge >= 0.3 is 5.97 Å². The molecule has 0 bridgehead atoms. The second kappa shape index (κ2) is 11.4. The highest BCUT2D eigenvalue weighted by atomic mass is 16.6. The summed E-state index contributed by atoms with van der Waals surface area (Å²) in [5.41, 5.74) is 1.86. The van der Waals surface area contributed by atoms with Crippen molar-refractivity contribution in [2.24, 2.45) is 0 Å². The summed E-state index contributed by atoms with van der Waals surface area (Å²) in [5, 5.41) is 16.0. The standard InChI is InChI=1S/C25H23N3O7/c1-16(24(30)27-21-13-12-20(34-2)14-22(21)28(32)33)35-23(29)15-26-25(31)19-10-8-18(9-11-19)17-6-4-3-5-7-17/h3-14,16H,15H2,1-2H3,(H,26,31)(H,27,30). The van der Waals surface area contributed by atoms with Crippen molar-refractivity contribution in [3.05, 3.63) is 88.5 Å². The number of carbonyl (C=O) groups excluding carboxylic acids is 3. The third-order valence-electron chi connectivity index (χ3n) is 4.98. The summed E-state index contributed by atoms with van der Waals surface area (Å²) >= 11 is 0. The maximum absolute atomic E-state index is 12.4. The Bertz CT molecular complexity index is 1230. The summed E-state index contributed by atoms with van der Waals surface area (Å²) in [6.07, 6.45) is -1.26. The molecule has 2 N–H and O–H groups in total. The van der Waals surface area contributed by atoms with E-state index in [9.17, 15) is 24.5 Å². The summed E-state index contributed by atoms with van der Waals surface area (Å²) in [4.78, 5) is 47.4. The molecule has 0 aliphatic heterocycles. The molecule has 2 amide bonds. The highest BCUT2D eigenvalue weighted by molar-refractivity contribution is 5.98.